The molecule has 3 heteroatoms. The van der Waals surface area contributed by atoms with Crippen LogP contribution >= 0.6 is 0 Å². The largest absolute Gasteiger partial charge is 0.280 e. The third-order valence-electron chi connectivity index (χ3n) is 8.45. The van der Waals surface area contributed by atoms with E-state index in [9.17, 15) is 5.41 Å². The van der Waals surface area contributed by atoms with Crippen LogP contribution in [0.2, 0.25) is 0 Å². The SMILES string of the molecule is N=C(N(c1cccc2ccccc12)c1cccc2ccccc12)N(c1cccc2ccccc12)c1cccc2ccccc12. The van der Waals surface area contributed by atoms with E-state index < -0.39 is 0 Å². The van der Waals surface area contributed by atoms with Gasteiger partial charge in [-0.15, -0.1) is 0 Å². The minimum atomic E-state index is 0.338. The second kappa shape index (κ2) is 10.7. The number of hydrogen-bond donors (Lipinski definition) is 1. The Hall–Kier alpha value is -5.93. The third kappa shape index (κ3) is 4.26. The van der Waals surface area contributed by atoms with E-state index in [1.165, 1.54) is 0 Å². The topological polar surface area (TPSA) is 30.3 Å². The van der Waals surface area contributed by atoms with Gasteiger partial charge in [0.1, 0.15) is 0 Å². The summed E-state index contributed by atoms with van der Waals surface area (Å²) in [6, 6.07) is 59.1. The predicted octanol–water partition coefficient (Wildman–Crippen LogP) is 11.2. The maximum absolute atomic E-state index is 10.3. The molecule has 0 unspecified atom stereocenters. The van der Waals surface area contributed by atoms with Crippen molar-refractivity contribution in [2.24, 2.45) is 0 Å². The number of nitrogens with zero attached hydrogens (tertiary/aromatic N) is 2. The molecule has 0 heterocycles. The van der Waals surface area contributed by atoms with Gasteiger partial charge in [-0.1, -0.05) is 146 Å². The van der Waals surface area contributed by atoms with E-state index in [-0.39, 0.29) is 0 Å². The van der Waals surface area contributed by atoms with E-state index in [0.29, 0.717) is 5.96 Å². The van der Waals surface area contributed by atoms with Gasteiger partial charge in [0.2, 0.25) is 5.96 Å². The lowest BCUT2D eigenvalue weighted by Crippen LogP contribution is -2.39. The van der Waals surface area contributed by atoms with Crippen molar-refractivity contribution < 1.29 is 0 Å². The Balaban J connectivity index is 1.47. The zero-order chi connectivity index (χ0) is 29.5. The molecular weight excluding hydrogens is 534 g/mol. The van der Waals surface area contributed by atoms with Gasteiger partial charge in [-0.05, 0) is 45.8 Å². The first kappa shape index (κ1) is 25.8. The summed E-state index contributed by atoms with van der Waals surface area (Å²) in [5.74, 6) is 0.338. The quantitative estimate of drug-likeness (QED) is 0.170. The number of fused-ring (bicyclic) bond motifs is 4. The molecule has 8 aromatic rings. The Morgan fingerprint density at radius 1 is 0.295 bits per heavy atom. The fourth-order valence-electron chi connectivity index (χ4n) is 6.43. The Bertz CT molecular complexity index is 1990. The van der Waals surface area contributed by atoms with Gasteiger partial charge >= 0.3 is 0 Å². The van der Waals surface area contributed by atoms with Crippen LogP contribution in [0.5, 0.6) is 0 Å². The van der Waals surface area contributed by atoms with E-state index in [1.807, 2.05) is 0 Å². The minimum Gasteiger partial charge on any atom is -0.280 e. The highest BCUT2D eigenvalue weighted by Crippen LogP contribution is 2.42. The highest BCUT2D eigenvalue weighted by atomic mass is 15.4. The fraction of sp³-hybridized carbons (Fsp3) is 0. The normalized spacial score (nSPS) is 11.3. The molecule has 0 aliphatic carbocycles. The molecule has 0 aliphatic rings. The lowest BCUT2D eigenvalue weighted by Gasteiger charge is -2.36. The second-order valence-electron chi connectivity index (χ2n) is 11.0. The number of rotatable bonds is 4. The highest BCUT2D eigenvalue weighted by Gasteiger charge is 2.28. The van der Waals surface area contributed by atoms with Crippen molar-refractivity contribution in [3.63, 3.8) is 0 Å². The standard InChI is InChI=1S/C41H29N3/c42-41(43(37-25-9-17-29-13-1-5-21-33(29)37)38-26-10-18-30-14-2-6-22-34(30)38)44(39-27-11-19-31-15-3-7-23-35(31)39)40-28-12-20-32-16-4-8-24-36(32)40/h1-28,42H. The van der Waals surface area contributed by atoms with Gasteiger partial charge in [0.15, 0.2) is 0 Å². The van der Waals surface area contributed by atoms with Crippen LogP contribution < -0.4 is 9.80 Å². The van der Waals surface area contributed by atoms with Crippen molar-refractivity contribution in [2.75, 3.05) is 9.80 Å². The molecule has 8 aromatic carbocycles. The predicted molar refractivity (Wildman–Crippen MR) is 188 cm³/mol. The Morgan fingerprint density at radius 2 is 0.523 bits per heavy atom. The van der Waals surface area contributed by atoms with Crippen LogP contribution in [-0.2, 0) is 0 Å². The second-order valence-corrected chi connectivity index (χ2v) is 11.0. The van der Waals surface area contributed by atoms with Crippen LogP contribution in [0.3, 0.4) is 0 Å². The van der Waals surface area contributed by atoms with Gasteiger partial charge in [-0.3, -0.25) is 15.2 Å². The molecule has 0 bridgehead atoms. The number of nitrogens with one attached hydrogen (secondary N) is 1. The molecule has 44 heavy (non-hydrogen) atoms. The molecule has 0 aliphatic heterocycles. The molecule has 0 saturated heterocycles. The smallest absolute Gasteiger partial charge is 0.212 e. The average Bonchev–Trinajstić information content (AvgIpc) is 3.09. The van der Waals surface area contributed by atoms with E-state index in [4.69, 9.17) is 0 Å². The first-order chi connectivity index (χ1) is 21.8. The monoisotopic (exact) mass is 563 g/mol. The molecular formula is C41H29N3. The van der Waals surface area contributed by atoms with Crippen LogP contribution in [0.25, 0.3) is 43.1 Å². The highest BCUT2D eigenvalue weighted by molar-refractivity contribution is 6.23. The number of guanidine groups is 1. The summed E-state index contributed by atoms with van der Waals surface area (Å²) in [6.45, 7) is 0. The summed E-state index contributed by atoms with van der Waals surface area (Å²) in [7, 11) is 0. The van der Waals surface area contributed by atoms with Gasteiger partial charge < -0.3 is 0 Å². The van der Waals surface area contributed by atoms with Crippen molar-refractivity contribution in [3.05, 3.63) is 170 Å². The Kier molecular flexibility index (Phi) is 6.28. The number of hydrogen-bond acceptors (Lipinski definition) is 1. The van der Waals surface area contributed by atoms with E-state index in [2.05, 4.69) is 180 Å². The molecule has 3 nitrogen and oxygen atoms in total. The van der Waals surface area contributed by atoms with Gasteiger partial charge in [-0.2, -0.15) is 0 Å². The summed E-state index contributed by atoms with van der Waals surface area (Å²) in [6.07, 6.45) is 0. The van der Waals surface area contributed by atoms with E-state index >= 15 is 0 Å². The average molecular weight is 564 g/mol. The maximum Gasteiger partial charge on any atom is 0.212 e. The van der Waals surface area contributed by atoms with Gasteiger partial charge in [0, 0.05) is 21.5 Å². The first-order valence-electron chi connectivity index (χ1n) is 14.9. The van der Waals surface area contributed by atoms with Crippen LogP contribution in [-0.4, -0.2) is 5.96 Å². The van der Waals surface area contributed by atoms with Crippen molar-refractivity contribution in [1.29, 1.82) is 5.41 Å². The van der Waals surface area contributed by atoms with Gasteiger partial charge in [-0.25, -0.2) is 0 Å². The van der Waals surface area contributed by atoms with Crippen molar-refractivity contribution in [1.82, 2.24) is 0 Å². The lowest BCUT2D eigenvalue weighted by atomic mass is 10.0. The summed E-state index contributed by atoms with van der Waals surface area (Å²) in [5.41, 5.74) is 3.81. The summed E-state index contributed by atoms with van der Waals surface area (Å²) < 4.78 is 0. The first-order valence-corrected chi connectivity index (χ1v) is 14.9. The van der Waals surface area contributed by atoms with Gasteiger partial charge in [0.25, 0.3) is 0 Å². The Labute approximate surface area is 256 Å². The van der Waals surface area contributed by atoms with Crippen LogP contribution in [0.4, 0.5) is 22.7 Å². The number of anilines is 4. The molecule has 208 valence electrons. The molecule has 0 atom stereocenters. The van der Waals surface area contributed by atoms with Crippen molar-refractivity contribution in [2.45, 2.75) is 0 Å². The van der Waals surface area contributed by atoms with Crippen LogP contribution in [0.1, 0.15) is 0 Å². The van der Waals surface area contributed by atoms with Crippen molar-refractivity contribution >= 4 is 71.8 Å². The molecule has 0 amide bonds. The fourth-order valence-corrected chi connectivity index (χ4v) is 6.43. The minimum absolute atomic E-state index is 0.338. The molecule has 1 N–H and O–H groups in total. The zero-order valence-corrected chi connectivity index (χ0v) is 24.1. The molecule has 0 radical (unpaired) electrons. The molecule has 0 aromatic heterocycles. The van der Waals surface area contributed by atoms with Crippen molar-refractivity contribution in [3.8, 4) is 0 Å². The molecule has 0 fully saturated rings. The maximum atomic E-state index is 10.3. The van der Waals surface area contributed by atoms with Gasteiger partial charge in [0.05, 0.1) is 22.7 Å². The lowest BCUT2D eigenvalue weighted by molar-refractivity contribution is 1.21. The summed E-state index contributed by atoms with van der Waals surface area (Å²) in [4.78, 5) is 4.24. The summed E-state index contributed by atoms with van der Waals surface area (Å²) >= 11 is 0. The molecule has 0 spiro atoms. The third-order valence-corrected chi connectivity index (χ3v) is 8.45. The summed E-state index contributed by atoms with van der Waals surface area (Å²) in [5, 5.41) is 19.2. The molecule has 0 saturated carbocycles. The van der Waals surface area contributed by atoms with Crippen LogP contribution in [0, 0.1) is 5.41 Å². The van der Waals surface area contributed by atoms with Crippen LogP contribution in [0.15, 0.2) is 170 Å². The van der Waals surface area contributed by atoms with E-state index in [1.54, 1.807) is 0 Å². The molecule has 8 rings (SSSR count). The number of benzene rings is 8. The Morgan fingerprint density at radius 3 is 0.795 bits per heavy atom. The zero-order valence-electron chi connectivity index (χ0n) is 24.1. The van der Waals surface area contributed by atoms with E-state index in [0.717, 1.165) is 65.8 Å².